The number of benzene rings is 2. The molecule has 3 aromatic rings. The van der Waals surface area contributed by atoms with Crippen LogP contribution in [0.5, 0.6) is 0 Å². The Morgan fingerprint density at radius 1 is 1.10 bits per heavy atom. The van der Waals surface area contributed by atoms with Crippen molar-refractivity contribution in [3.8, 4) is 5.69 Å². The molecule has 0 atom stereocenters. The summed E-state index contributed by atoms with van der Waals surface area (Å²) in [6.45, 7) is 6.03. The Labute approximate surface area is 184 Å². The fraction of sp³-hybridized carbons (Fsp3) is 0.261. The molecule has 154 valence electrons. The largest absolute Gasteiger partial charge is 0.325 e. The number of carbonyl (C=O) groups is 1. The molecule has 2 heterocycles. The summed E-state index contributed by atoms with van der Waals surface area (Å²) >= 11 is 2.86. The van der Waals surface area contributed by atoms with Crippen LogP contribution in [-0.4, -0.2) is 27.0 Å². The molecule has 7 heteroatoms. The van der Waals surface area contributed by atoms with Crippen LogP contribution >= 0.6 is 23.5 Å². The molecule has 1 N–H and O–H groups in total. The lowest BCUT2D eigenvalue weighted by Gasteiger charge is -2.15. The molecule has 2 aromatic carbocycles. The van der Waals surface area contributed by atoms with Crippen LogP contribution in [0, 0.1) is 20.8 Å². The quantitative estimate of drug-likeness (QED) is 0.469. The molecule has 0 saturated heterocycles. The van der Waals surface area contributed by atoms with Gasteiger partial charge in [-0.05, 0) is 56.2 Å². The van der Waals surface area contributed by atoms with E-state index in [0.717, 1.165) is 50.8 Å². The third kappa shape index (κ3) is 4.47. The highest BCUT2D eigenvalue weighted by atomic mass is 32.2. The fourth-order valence-electron chi connectivity index (χ4n) is 3.46. The third-order valence-corrected chi connectivity index (χ3v) is 6.84. The van der Waals surface area contributed by atoms with Crippen LogP contribution in [0.3, 0.4) is 0 Å². The van der Waals surface area contributed by atoms with Gasteiger partial charge in [0.2, 0.25) is 5.91 Å². The van der Waals surface area contributed by atoms with E-state index in [-0.39, 0.29) is 17.2 Å². The maximum absolute atomic E-state index is 13.3. The highest BCUT2D eigenvalue weighted by Gasteiger charge is 2.23. The molecule has 0 radical (unpaired) electrons. The first kappa shape index (κ1) is 20.8. The van der Waals surface area contributed by atoms with Crippen molar-refractivity contribution in [2.45, 2.75) is 37.2 Å². The molecule has 0 spiro atoms. The predicted octanol–water partition coefficient (Wildman–Crippen LogP) is 4.54. The smallest absolute Gasteiger partial charge is 0.272 e. The minimum absolute atomic E-state index is 0.0473. The Hall–Kier alpha value is -2.51. The fourth-order valence-corrected chi connectivity index (χ4v) is 5.31. The lowest BCUT2D eigenvalue weighted by Crippen LogP contribution is -2.25. The van der Waals surface area contributed by atoms with Gasteiger partial charge >= 0.3 is 0 Å². The summed E-state index contributed by atoms with van der Waals surface area (Å²) in [4.78, 5) is 31.2. The highest BCUT2D eigenvalue weighted by Crippen LogP contribution is 2.30. The molecule has 0 fully saturated rings. The van der Waals surface area contributed by atoms with Crippen molar-refractivity contribution in [3.63, 3.8) is 0 Å². The lowest BCUT2D eigenvalue weighted by atomic mass is 10.1. The van der Waals surface area contributed by atoms with E-state index in [9.17, 15) is 9.59 Å². The number of aryl methyl sites for hydroxylation is 4. The van der Waals surface area contributed by atoms with E-state index in [2.05, 4.69) is 11.4 Å². The van der Waals surface area contributed by atoms with Gasteiger partial charge in [-0.25, -0.2) is 4.98 Å². The summed E-state index contributed by atoms with van der Waals surface area (Å²) in [5, 5.41) is 3.47. The van der Waals surface area contributed by atoms with Crippen LogP contribution < -0.4 is 10.9 Å². The average molecular weight is 438 g/mol. The molecule has 0 aliphatic carbocycles. The van der Waals surface area contributed by atoms with Gasteiger partial charge in [-0.1, -0.05) is 35.5 Å². The maximum atomic E-state index is 13.3. The Morgan fingerprint density at radius 2 is 1.80 bits per heavy atom. The van der Waals surface area contributed by atoms with E-state index in [1.54, 1.807) is 16.3 Å². The first-order valence-corrected chi connectivity index (χ1v) is 11.7. The third-order valence-electron chi connectivity index (χ3n) is 4.80. The van der Waals surface area contributed by atoms with Gasteiger partial charge in [0.1, 0.15) is 0 Å². The molecule has 30 heavy (non-hydrogen) atoms. The lowest BCUT2D eigenvalue weighted by molar-refractivity contribution is -0.113. The number of carbonyl (C=O) groups excluding carboxylic acids is 1. The molecule has 1 aliphatic heterocycles. The maximum Gasteiger partial charge on any atom is 0.272 e. The Morgan fingerprint density at radius 3 is 2.50 bits per heavy atom. The monoisotopic (exact) mass is 437 g/mol. The van der Waals surface area contributed by atoms with Crippen molar-refractivity contribution in [2.24, 2.45) is 0 Å². The van der Waals surface area contributed by atoms with Gasteiger partial charge in [0.15, 0.2) is 5.16 Å². The second kappa shape index (κ2) is 8.70. The van der Waals surface area contributed by atoms with Gasteiger partial charge < -0.3 is 5.32 Å². The second-order valence-electron chi connectivity index (χ2n) is 7.46. The van der Waals surface area contributed by atoms with E-state index < -0.39 is 0 Å². The molecule has 0 bridgehead atoms. The molecule has 1 amide bonds. The van der Waals surface area contributed by atoms with E-state index in [0.29, 0.717) is 5.16 Å². The number of anilines is 1. The summed E-state index contributed by atoms with van der Waals surface area (Å²) in [5.41, 5.74) is 5.65. The summed E-state index contributed by atoms with van der Waals surface area (Å²) < 4.78 is 1.65. The number of nitrogens with zero attached hydrogens (tertiary/aromatic N) is 2. The minimum atomic E-state index is -0.125. The number of hydrogen-bond donors (Lipinski definition) is 1. The summed E-state index contributed by atoms with van der Waals surface area (Å²) in [7, 11) is 0. The molecule has 5 nitrogen and oxygen atoms in total. The molecule has 1 aliphatic rings. The first-order chi connectivity index (χ1) is 14.4. The second-order valence-corrected chi connectivity index (χ2v) is 9.51. The van der Waals surface area contributed by atoms with Crippen LogP contribution in [0.15, 0.2) is 57.3 Å². The van der Waals surface area contributed by atoms with E-state index >= 15 is 0 Å². The van der Waals surface area contributed by atoms with Crippen LogP contribution in [-0.2, 0) is 11.2 Å². The SMILES string of the molecule is Cc1ccc(NC(=O)CSc2nc3c(c(=O)n2-c2cc(C)cc(C)c2)SCC3)cc1. The summed E-state index contributed by atoms with van der Waals surface area (Å²) in [6, 6.07) is 13.7. The summed E-state index contributed by atoms with van der Waals surface area (Å²) in [5.74, 6) is 0.920. The zero-order valence-corrected chi connectivity index (χ0v) is 18.8. The van der Waals surface area contributed by atoms with Crippen LogP contribution in [0.2, 0.25) is 0 Å². The number of nitrogens with one attached hydrogen (secondary N) is 1. The molecule has 0 saturated carbocycles. The van der Waals surface area contributed by atoms with Crippen molar-refractivity contribution in [1.29, 1.82) is 0 Å². The Bertz CT molecular complexity index is 1150. The average Bonchev–Trinajstić information content (AvgIpc) is 3.16. The van der Waals surface area contributed by atoms with Gasteiger partial charge in [-0.15, -0.1) is 11.8 Å². The highest BCUT2D eigenvalue weighted by molar-refractivity contribution is 8.00. The van der Waals surface area contributed by atoms with Crippen LogP contribution in [0.4, 0.5) is 5.69 Å². The van der Waals surface area contributed by atoms with Crippen LogP contribution in [0.1, 0.15) is 22.4 Å². The molecular formula is C23H23N3O2S2. The van der Waals surface area contributed by atoms with Gasteiger partial charge in [-0.2, -0.15) is 0 Å². The number of rotatable bonds is 5. The van der Waals surface area contributed by atoms with E-state index in [1.807, 2.05) is 57.2 Å². The van der Waals surface area contributed by atoms with Crippen LogP contribution in [0.25, 0.3) is 5.69 Å². The standard InChI is InChI=1S/C23H23N3O2S2/c1-14-4-6-17(7-5-14)24-20(27)13-30-23-25-19-8-9-29-21(19)22(28)26(23)18-11-15(2)10-16(3)12-18/h4-7,10-12H,8-9,13H2,1-3H3,(H,24,27). The first-order valence-electron chi connectivity index (χ1n) is 9.77. The van der Waals surface area contributed by atoms with Crippen molar-refractivity contribution >= 4 is 35.1 Å². The van der Waals surface area contributed by atoms with Crippen molar-refractivity contribution in [1.82, 2.24) is 9.55 Å². The zero-order chi connectivity index (χ0) is 21.3. The molecule has 1 aromatic heterocycles. The van der Waals surface area contributed by atoms with Gasteiger partial charge in [0.05, 0.1) is 22.0 Å². The zero-order valence-electron chi connectivity index (χ0n) is 17.2. The summed E-state index contributed by atoms with van der Waals surface area (Å²) in [6.07, 6.45) is 0.784. The van der Waals surface area contributed by atoms with E-state index in [1.165, 1.54) is 11.8 Å². The van der Waals surface area contributed by atoms with Crippen molar-refractivity contribution in [2.75, 3.05) is 16.8 Å². The van der Waals surface area contributed by atoms with E-state index in [4.69, 9.17) is 4.98 Å². The Balaban J connectivity index is 1.63. The number of thioether (sulfide) groups is 2. The predicted molar refractivity (Wildman–Crippen MR) is 124 cm³/mol. The van der Waals surface area contributed by atoms with Gasteiger partial charge in [-0.3, -0.25) is 14.2 Å². The Kier molecular flexibility index (Phi) is 6.01. The number of fused-ring (bicyclic) bond motifs is 1. The number of hydrogen-bond acceptors (Lipinski definition) is 5. The number of aromatic nitrogens is 2. The van der Waals surface area contributed by atoms with Crippen molar-refractivity contribution < 1.29 is 4.79 Å². The normalized spacial score (nSPS) is 12.6. The minimum Gasteiger partial charge on any atom is -0.325 e. The molecule has 4 rings (SSSR count). The molecule has 0 unspecified atom stereocenters. The number of amides is 1. The topological polar surface area (TPSA) is 64.0 Å². The van der Waals surface area contributed by atoms with Crippen molar-refractivity contribution in [3.05, 3.63) is 75.2 Å². The van der Waals surface area contributed by atoms with Gasteiger partial charge in [0, 0.05) is 17.9 Å². The molecular weight excluding hydrogens is 414 g/mol. The van der Waals surface area contributed by atoms with Gasteiger partial charge in [0.25, 0.3) is 5.56 Å².